The van der Waals surface area contributed by atoms with Crippen molar-refractivity contribution in [2.24, 2.45) is 0 Å². The van der Waals surface area contributed by atoms with Crippen molar-refractivity contribution in [1.29, 1.82) is 0 Å². The number of fused-ring (bicyclic) bond motifs is 2. The topological polar surface area (TPSA) is 155 Å². The van der Waals surface area contributed by atoms with Crippen molar-refractivity contribution in [1.82, 2.24) is 29.7 Å². The van der Waals surface area contributed by atoms with Crippen LogP contribution >= 0.6 is 0 Å². The van der Waals surface area contributed by atoms with E-state index in [9.17, 15) is 18.3 Å². The number of halogens is 3. The highest BCUT2D eigenvalue weighted by Gasteiger charge is 2.38. The summed E-state index contributed by atoms with van der Waals surface area (Å²) in [6.07, 6.45) is -5.08. The first-order valence-electron chi connectivity index (χ1n) is 13.7. The first-order chi connectivity index (χ1) is 21.2. The summed E-state index contributed by atoms with van der Waals surface area (Å²) in [5, 5.41) is 22.1. The molecule has 0 amide bonds. The van der Waals surface area contributed by atoms with E-state index in [0.29, 0.717) is 46.2 Å². The number of anilines is 2. The molecule has 2 heterocycles. The van der Waals surface area contributed by atoms with E-state index in [-0.39, 0.29) is 11.8 Å². The van der Waals surface area contributed by atoms with Crippen molar-refractivity contribution in [2.45, 2.75) is 20.0 Å². The van der Waals surface area contributed by atoms with E-state index in [0.717, 1.165) is 37.3 Å². The first-order valence-corrected chi connectivity index (χ1v) is 13.7. The number of nitrogens with one attached hydrogen (secondary N) is 1. The number of aromatic nitrogens is 4. The average molecular weight is 636 g/mol. The highest BCUT2D eigenvalue weighted by atomic mass is 19.4. The van der Waals surface area contributed by atoms with Crippen LogP contribution in [0.15, 0.2) is 30.3 Å². The number of aliphatic carboxylic acids is 1. The van der Waals surface area contributed by atoms with Gasteiger partial charge in [0.05, 0.1) is 36.3 Å². The van der Waals surface area contributed by atoms with E-state index in [2.05, 4.69) is 56.1 Å². The van der Waals surface area contributed by atoms with Gasteiger partial charge in [0.1, 0.15) is 12.4 Å². The van der Waals surface area contributed by atoms with Gasteiger partial charge in [-0.15, -0.1) is 0 Å². The number of methoxy groups -OCH3 is 2. The number of carboxylic acids is 1. The lowest BCUT2D eigenvalue weighted by Gasteiger charge is -2.22. The molecule has 13 nitrogen and oxygen atoms in total. The zero-order valence-electron chi connectivity index (χ0n) is 25.8. The molecule has 0 aliphatic rings. The Bertz CT molecular complexity index is 1620. The maximum absolute atomic E-state index is 10.6. The molecule has 0 fully saturated rings. The number of aromatic hydroxyl groups is 1. The van der Waals surface area contributed by atoms with Crippen LogP contribution in [0.5, 0.6) is 23.1 Å². The molecule has 2 aromatic heterocycles. The number of hydrogen-bond donors (Lipinski definition) is 3. The van der Waals surface area contributed by atoms with Gasteiger partial charge >= 0.3 is 12.1 Å². The maximum Gasteiger partial charge on any atom is 0.490 e. The minimum Gasteiger partial charge on any atom is -0.493 e. The van der Waals surface area contributed by atoms with Gasteiger partial charge in [-0.3, -0.25) is 10.2 Å². The Hall–Kier alpha value is -4.70. The Kier molecular flexibility index (Phi) is 11.9. The molecule has 0 saturated carbocycles. The summed E-state index contributed by atoms with van der Waals surface area (Å²) in [5.74, 6) is -0.611. The summed E-state index contributed by atoms with van der Waals surface area (Å²) >= 11 is 0. The Morgan fingerprint density at radius 1 is 0.911 bits per heavy atom. The quantitative estimate of drug-likeness (QED) is 0.203. The maximum atomic E-state index is 10.6. The second-order valence-corrected chi connectivity index (χ2v) is 9.92. The summed E-state index contributed by atoms with van der Waals surface area (Å²) in [7, 11) is 7.30. The fourth-order valence-electron chi connectivity index (χ4n) is 4.06. The predicted molar refractivity (Wildman–Crippen MR) is 162 cm³/mol. The molecule has 3 N–H and O–H groups in total. The van der Waals surface area contributed by atoms with Gasteiger partial charge in [0.2, 0.25) is 17.8 Å². The highest BCUT2D eigenvalue weighted by Crippen LogP contribution is 2.33. The van der Waals surface area contributed by atoms with Gasteiger partial charge in [-0.25, -0.2) is 19.7 Å². The molecule has 0 radical (unpaired) electrons. The van der Waals surface area contributed by atoms with Crippen molar-refractivity contribution < 1.29 is 42.4 Å². The van der Waals surface area contributed by atoms with E-state index < -0.39 is 12.1 Å². The number of carboxylic acid groups (broad SMARTS) is 1. The molecule has 45 heavy (non-hydrogen) atoms. The van der Waals surface area contributed by atoms with Gasteiger partial charge in [0.25, 0.3) is 0 Å². The predicted octanol–water partition coefficient (Wildman–Crippen LogP) is 4.24. The van der Waals surface area contributed by atoms with Crippen LogP contribution in [-0.4, -0.2) is 113 Å². The molecular weight excluding hydrogens is 599 g/mol. The molecule has 0 aliphatic carbocycles. The molecule has 16 heteroatoms. The van der Waals surface area contributed by atoms with E-state index in [1.165, 1.54) is 0 Å². The number of likely N-dealkylation sites (N-methyl/N-ethyl adjacent to an activating group) is 2. The lowest BCUT2D eigenvalue weighted by molar-refractivity contribution is -0.192. The van der Waals surface area contributed by atoms with Crippen LogP contribution in [0.25, 0.3) is 21.8 Å². The van der Waals surface area contributed by atoms with Crippen LogP contribution in [0, 0.1) is 6.92 Å². The number of alkyl halides is 3. The molecule has 0 unspecified atom stereocenters. The summed E-state index contributed by atoms with van der Waals surface area (Å²) < 4.78 is 48.5. The number of hydrogen-bond acceptors (Lipinski definition) is 12. The third-order valence-corrected chi connectivity index (χ3v) is 6.49. The first kappa shape index (κ1) is 34.8. The van der Waals surface area contributed by atoms with E-state index in [1.54, 1.807) is 32.4 Å². The smallest absolute Gasteiger partial charge is 0.490 e. The average Bonchev–Trinajstić information content (AvgIpc) is 2.98. The molecule has 0 atom stereocenters. The largest absolute Gasteiger partial charge is 0.493 e. The van der Waals surface area contributed by atoms with Crippen LogP contribution in [0.1, 0.15) is 12.6 Å². The zero-order chi connectivity index (χ0) is 33.3. The number of carbonyl (C=O) groups is 1. The molecule has 244 valence electrons. The zero-order valence-corrected chi connectivity index (χ0v) is 25.8. The molecule has 0 spiro atoms. The SMILES string of the molecule is CCN(CCOc1ccc2nc(Nc3nc(C)c4cc(OC)c(OC)cc4n3)nc(O)c2c1)CCN(C)C.O=C(O)C(F)(F)F. The van der Waals surface area contributed by atoms with Crippen molar-refractivity contribution >= 4 is 39.7 Å². The molecule has 2 aromatic carbocycles. The standard InChI is InChI=1S/C27H35N7O4.C2HF3O2/c1-7-34(11-10-33(3)4)12-13-38-18-8-9-21-20(14-18)25(35)31-27(29-21)32-26-28-17(2)19-15-23(36-5)24(37-6)16-22(19)30-26;3-2(4,5)1(6)7/h8-9,14-16H,7,10-13H2,1-6H3,(H2,28,29,30,31,32,35);(H,6,7). The van der Waals surface area contributed by atoms with Crippen molar-refractivity contribution in [3.63, 3.8) is 0 Å². The Balaban J connectivity index is 0.000000707. The summed E-state index contributed by atoms with van der Waals surface area (Å²) in [5.41, 5.74) is 1.99. The minimum absolute atomic E-state index is 0.159. The van der Waals surface area contributed by atoms with Crippen LogP contribution in [-0.2, 0) is 4.79 Å². The lowest BCUT2D eigenvalue weighted by atomic mass is 10.1. The molecular formula is C29H36F3N7O6. The fourth-order valence-corrected chi connectivity index (χ4v) is 4.06. The number of ether oxygens (including phenoxy) is 3. The van der Waals surface area contributed by atoms with Crippen molar-refractivity contribution in [3.05, 3.63) is 36.0 Å². The summed E-state index contributed by atoms with van der Waals surface area (Å²) in [6.45, 7) is 8.33. The monoisotopic (exact) mass is 635 g/mol. The van der Waals surface area contributed by atoms with Gasteiger partial charge in [0, 0.05) is 31.1 Å². The normalized spacial score (nSPS) is 11.4. The number of rotatable bonds is 12. The second kappa shape index (κ2) is 15.3. The van der Waals surface area contributed by atoms with Gasteiger partial charge in [-0.1, -0.05) is 6.92 Å². The molecule has 0 bridgehead atoms. The van der Waals surface area contributed by atoms with Crippen molar-refractivity contribution in [2.75, 3.05) is 66.4 Å². The number of aryl methyl sites for hydroxylation is 1. The molecule has 0 aliphatic heterocycles. The third-order valence-electron chi connectivity index (χ3n) is 6.49. The van der Waals surface area contributed by atoms with Gasteiger partial charge in [-0.05, 0) is 51.8 Å². The Morgan fingerprint density at radius 2 is 1.53 bits per heavy atom. The number of nitrogens with zero attached hydrogens (tertiary/aromatic N) is 6. The van der Waals surface area contributed by atoms with Crippen LogP contribution in [0.4, 0.5) is 25.1 Å². The molecule has 0 saturated heterocycles. The van der Waals surface area contributed by atoms with Gasteiger partial charge in [0.15, 0.2) is 11.5 Å². The third kappa shape index (κ3) is 9.64. The summed E-state index contributed by atoms with van der Waals surface area (Å²) in [4.78, 5) is 31.2. The molecule has 4 aromatic rings. The minimum atomic E-state index is -5.08. The van der Waals surface area contributed by atoms with E-state index in [4.69, 9.17) is 24.1 Å². The highest BCUT2D eigenvalue weighted by molar-refractivity contribution is 5.87. The Morgan fingerprint density at radius 3 is 2.13 bits per heavy atom. The van der Waals surface area contributed by atoms with Gasteiger partial charge in [-0.2, -0.15) is 18.2 Å². The number of benzene rings is 2. The fraction of sp³-hybridized carbons (Fsp3) is 0.414. The van der Waals surface area contributed by atoms with Crippen LogP contribution < -0.4 is 19.5 Å². The van der Waals surface area contributed by atoms with E-state index >= 15 is 0 Å². The summed E-state index contributed by atoms with van der Waals surface area (Å²) in [6, 6.07) is 9.02. The molecule has 4 rings (SSSR count). The van der Waals surface area contributed by atoms with Gasteiger partial charge < -0.3 is 29.3 Å². The Labute approximate surface area is 257 Å². The van der Waals surface area contributed by atoms with Crippen molar-refractivity contribution in [3.8, 4) is 23.1 Å². The van der Waals surface area contributed by atoms with E-state index in [1.807, 2.05) is 19.1 Å². The van der Waals surface area contributed by atoms with Crippen LogP contribution in [0.3, 0.4) is 0 Å². The second-order valence-electron chi connectivity index (χ2n) is 9.92. The lowest BCUT2D eigenvalue weighted by Crippen LogP contribution is -2.34. The van der Waals surface area contributed by atoms with Crippen LogP contribution in [0.2, 0.25) is 0 Å².